The van der Waals surface area contributed by atoms with Crippen LogP contribution in [0.1, 0.15) is 22.8 Å². The van der Waals surface area contributed by atoms with Crippen molar-refractivity contribution in [3.63, 3.8) is 0 Å². The fraction of sp³-hybridized carbons (Fsp3) is 0.0714. The number of pyridine rings is 1. The first kappa shape index (κ1) is 14.3. The van der Waals surface area contributed by atoms with E-state index in [2.05, 4.69) is 15.5 Å². The van der Waals surface area contributed by atoms with E-state index in [0.29, 0.717) is 11.3 Å². The highest BCUT2D eigenvalue weighted by atomic mass is 16.6. The fourth-order valence-corrected chi connectivity index (χ4v) is 1.58. The summed E-state index contributed by atoms with van der Waals surface area (Å²) in [5.74, 6) is -0.437. The maximum Gasteiger partial charge on any atom is 0.271 e. The van der Waals surface area contributed by atoms with Gasteiger partial charge >= 0.3 is 0 Å². The highest BCUT2D eigenvalue weighted by Crippen LogP contribution is 2.11. The number of carbonyl (C=O) groups is 1. The number of hydrazone groups is 1. The Morgan fingerprint density at radius 2 is 1.95 bits per heavy atom. The monoisotopic (exact) mass is 284 g/mol. The Morgan fingerprint density at radius 1 is 1.24 bits per heavy atom. The van der Waals surface area contributed by atoms with E-state index in [9.17, 15) is 14.9 Å². The minimum atomic E-state index is -0.521. The molecule has 2 rings (SSSR count). The Labute approximate surface area is 120 Å². The number of nitrogens with one attached hydrogen (secondary N) is 1. The van der Waals surface area contributed by atoms with E-state index in [1.807, 2.05) is 6.07 Å². The molecule has 0 aliphatic heterocycles. The summed E-state index contributed by atoms with van der Waals surface area (Å²) in [6, 6.07) is 8.89. The molecular formula is C14H12N4O3. The van der Waals surface area contributed by atoms with Crippen molar-refractivity contribution in [1.29, 1.82) is 0 Å². The van der Waals surface area contributed by atoms with Gasteiger partial charge in [-0.15, -0.1) is 0 Å². The first-order valence-electron chi connectivity index (χ1n) is 6.07. The molecule has 0 radical (unpaired) electrons. The average molecular weight is 284 g/mol. The molecule has 0 atom stereocenters. The number of non-ortho nitro benzene ring substituents is 1. The lowest BCUT2D eigenvalue weighted by Gasteiger charge is -2.02. The Kier molecular flexibility index (Phi) is 4.35. The zero-order chi connectivity index (χ0) is 15.2. The molecule has 0 aliphatic rings. The molecule has 0 bridgehead atoms. The van der Waals surface area contributed by atoms with Gasteiger partial charge in [-0.3, -0.25) is 19.9 Å². The van der Waals surface area contributed by atoms with Crippen LogP contribution in [-0.2, 0) is 0 Å². The van der Waals surface area contributed by atoms with Gasteiger partial charge in [0.2, 0.25) is 0 Å². The van der Waals surface area contributed by atoms with Crippen LogP contribution in [0.3, 0.4) is 0 Å². The molecule has 7 nitrogen and oxygen atoms in total. The second-order valence-electron chi connectivity index (χ2n) is 4.18. The van der Waals surface area contributed by atoms with Crippen molar-refractivity contribution in [3.8, 4) is 0 Å². The Hall–Kier alpha value is -3.09. The normalized spacial score (nSPS) is 11.0. The second-order valence-corrected chi connectivity index (χ2v) is 4.18. The zero-order valence-corrected chi connectivity index (χ0v) is 11.2. The van der Waals surface area contributed by atoms with Gasteiger partial charge in [-0.05, 0) is 25.1 Å². The van der Waals surface area contributed by atoms with Gasteiger partial charge in [0.1, 0.15) is 0 Å². The van der Waals surface area contributed by atoms with E-state index in [0.717, 1.165) is 5.56 Å². The van der Waals surface area contributed by atoms with E-state index in [-0.39, 0.29) is 5.69 Å². The molecule has 1 heterocycles. The smallest absolute Gasteiger partial charge is 0.267 e. The van der Waals surface area contributed by atoms with Crippen LogP contribution in [0.5, 0.6) is 0 Å². The maximum atomic E-state index is 11.9. The number of amides is 1. The number of nitro benzene ring substituents is 1. The molecule has 1 N–H and O–H groups in total. The van der Waals surface area contributed by atoms with E-state index in [1.165, 1.54) is 24.3 Å². The maximum absolute atomic E-state index is 11.9. The molecule has 0 spiro atoms. The van der Waals surface area contributed by atoms with Crippen LogP contribution >= 0.6 is 0 Å². The van der Waals surface area contributed by atoms with Crippen molar-refractivity contribution in [2.75, 3.05) is 0 Å². The highest BCUT2D eigenvalue weighted by Gasteiger charge is 2.09. The van der Waals surface area contributed by atoms with Crippen molar-refractivity contribution in [3.05, 3.63) is 70.0 Å². The Bertz CT molecular complexity index is 681. The molecule has 0 aliphatic carbocycles. The van der Waals surface area contributed by atoms with Crippen molar-refractivity contribution in [2.45, 2.75) is 6.92 Å². The summed E-state index contributed by atoms with van der Waals surface area (Å²) in [5, 5.41) is 14.5. The molecule has 7 heteroatoms. The first-order valence-corrected chi connectivity index (χ1v) is 6.07. The largest absolute Gasteiger partial charge is 0.271 e. The Balaban J connectivity index is 2.06. The number of nitro groups is 1. The Morgan fingerprint density at radius 3 is 2.52 bits per heavy atom. The predicted molar refractivity (Wildman–Crippen MR) is 77.0 cm³/mol. The average Bonchev–Trinajstić information content (AvgIpc) is 2.53. The zero-order valence-electron chi connectivity index (χ0n) is 11.2. The fourth-order valence-electron chi connectivity index (χ4n) is 1.58. The number of hydrogen-bond donors (Lipinski definition) is 1. The summed E-state index contributed by atoms with van der Waals surface area (Å²) in [4.78, 5) is 25.8. The van der Waals surface area contributed by atoms with E-state index < -0.39 is 10.8 Å². The molecule has 1 aromatic heterocycles. The number of hydrogen-bond acceptors (Lipinski definition) is 5. The van der Waals surface area contributed by atoms with Crippen molar-refractivity contribution in [2.24, 2.45) is 5.10 Å². The van der Waals surface area contributed by atoms with Gasteiger partial charge in [0.25, 0.3) is 11.6 Å². The third kappa shape index (κ3) is 3.69. The third-order valence-corrected chi connectivity index (χ3v) is 2.74. The summed E-state index contributed by atoms with van der Waals surface area (Å²) in [6.45, 7) is 1.74. The molecular weight excluding hydrogens is 272 g/mol. The van der Waals surface area contributed by atoms with Crippen LogP contribution in [0.25, 0.3) is 0 Å². The van der Waals surface area contributed by atoms with Crippen LogP contribution in [0.4, 0.5) is 5.69 Å². The van der Waals surface area contributed by atoms with Gasteiger partial charge in [-0.1, -0.05) is 6.07 Å². The van der Waals surface area contributed by atoms with Gasteiger partial charge in [-0.25, -0.2) is 5.43 Å². The van der Waals surface area contributed by atoms with Crippen LogP contribution in [0, 0.1) is 10.1 Å². The summed E-state index contributed by atoms with van der Waals surface area (Å²) >= 11 is 0. The van der Waals surface area contributed by atoms with E-state index >= 15 is 0 Å². The van der Waals surface area contributed by atoms with Crippen LogP contribution in [-0.4, -0.2) is 21.5 Å². The summed E-state index contributed by atoms with van der Waals surface area (Å²) in [5.41, 5.74) is 4.03. The van der Waals surface area contributed by atoms with Crippen LogP contribution < -0.4 is 5.43 Å². The highest BCUT2D eigenvalue weighted by molar-refractivity contribution is 6.00. The standard InChI is InChI=1S/C14H12N4O3/c1-10(12-3-2-8-15-9-12)16-17-14(19)11-4-6-13(7-5-11)18(20)21/h2-9H,1H3,(H,17,19). The lowest BCUT2D eigenvalue weighted by molar-refractivity contribution is -0.384. The number of nitrogens with zero attached hydrogens (tertiary/aromatic N) is 3. The van der Waals surface area contributed by atoms with Gasteiger partial charge in [0, 0.05) is 35.7 Å². The van der Waals surface area contributed by atoms with Gasteiger partial charge in [0.05, 0.1) is 10.6 Å². The minimum Gasteiger partial charge on any atom is -0.267 e. The molecule has 0 saturated heterocycles. The van der Waals surface area contributed by atoms with Crippen LogP contribution in [0.15, 0.2) is 53.9 Å². The topological polar surface area (TPSA) is 97.5 Å². The van der Waals surface area contributed by atoms with Crippen molar-refractivity contribution in [1.82, 2.24) is 10.4 Å². The molecule has 0 fully saturated rings. The third-order valence-electron chi connectivity index (χ3n) is 2.74. The SMILES string of the molecule is CC(=NNC(=O)c1ccc([N+](=O)[O-])cc1)c1cccnc1. The van der Waals surface area contributed by atoms with Gasteiger partial charge < -0.3 is 0 Å². The molecule has 106 valence electrons. The van der Waals surface area contributed by atoms with Crippen LogP contribution in [0.2, 0.25) is 0 Å². The van der Waals surface area contributed by atoms with E-state index in [4.69, 9.17) is 0 Å². The summed E-state index contributed by atoms with van der Waals surface area (Å²) < 4.78 is 0. The molecule has 2 aromatic rings. The van der Waals surface area contributed by atoms with E-state index in [1.54, 1.807) is 25.4 Å². The lowest BCUT2D eigenvalue weighted by atomic mass is 10.2. The number of carbonyl (C=O) groups excluding carboxylic acids is 1. The summed E-state index contributed by atoms with van der Waals surface area (Å²) in [6.07, 6.45) is 3.28. The molecule has 1 aromatic carbocycles. The molecule has 0 unspecified atom stereocenters. The summed E-state index contributed by atoms with van der Waals surface area (Å²) in [7, 11) is 0. The first-order chi connectivity index (χ1) is 10.1. The van der Waals surface area contributed by atoms with Gasteiger partial charge in [0.15, 0.2) is 0 Å². The second kappa shape index (κ2) is 6.38. The van der Waals surface area contributed by atoms with Crippen molar-refractivity contribution >= 4 is 17.3 Å². The molecule has 1 amide bonds. The molecule has 0 saturated carbocycles. The quantitative estimate of drug-likeness (QED) is 0.528. The van der Waals surface area contributed by atoms with Gasteiger partial charge in [-0.2, -0.15) is 5.10 Å². The predicted octanol–water partition coefficient (Wildman–Crippen LogP) is 2.14. The molecule has 21 heavy (non-hydrogen) atoms. The number of benzene rings is 1. The number of aromatic nitrogens is 1. The van der Waals surface area contributed by atoms with Crippen molar-refractivity contribution < 1.29 is 9.72 Å². The minimum absolute atomic E-state index is 0.0680. The number of rotatable bonds is 4. The lowest BCUT2D eigenvalue weighted by Crippen LogP contribution is -2.19.